The number of carbonyl (C=O) groups is 2. The van der Waals surface area contributed by atoms with Crippen LogP contribution in [0.3, 0.4) is 0 Å². The first-order valence-electron chi connectivity index (χ1n) is 9.16. The Bertz CT molecular complexity index is 562. The Morgan fingerprint density at radius 1 is 1.15 bits per heavy atom. The second kappa shape index (κ2) is 10.4. The van der Waals surface area contributed by atoms with Gasteiger partial charge in [-0.2, -0.15) is 0 Å². The van der Waals surface area contributed by atoms with Crippen molar-refractivity contribution >= 4 is 30.0 Å². The molecule has 26 heavy (non-hydrogen) atoms. The standard InChI is InChI=1S/C19H30N4O2.ClH/c1-3-19(4-2,14-20)17(24)21-16-10-12-23(13-11-16)18(25)22-15-8-6-5-7-9-15;/h5-9,16H,3-4,10-14,20H2,1-2H3,(H,21,24)(H,22,25);1H. The first kappa shape index (κ1) is 22.3. The van der Waals surface area contributed by atoms with Gasteiger partial charge in [-0.05, 0) is 37.8 Å². The van der Waals surface area contributed by atoms with Crippen LogP contribution in [0.5, 0.6) is 0 Å². The molecule has 0 bridgehead atoms. The predicted molar refractivity (Wildman–Crippen MR) is 108 cm³/mol. The zero-order valence-corrected chi connectivity index (χ0v) is 16.5. The summed E-state index contributed by atoms with van der Waals surface area (Å²) in [6, 6.07) is 9.45. The monoisotopic (exact) mass is 382 g/mol. The van der Waals surface area contributed by atoms with Crippen LogP contribution >= 0.6 is 12.4 Å². The smallest absolute Gasteiger partial charge is 0.321 e. The lowest BCUT2D eigenvalue weighted by Gasteiger charge is -2.35. The molecule has 6 nitrogen and oxygen atoms in total. The first-order chi connectivity index (χ1) is 12.0. The van der Waals surface area contributed by atoms with Gasteiger partial charge in [0.25, 0.3) is 0 Å². The van der Waals surface area contributed by atoms with Gasteiger partial charge in [-0.15, -0.1) is 12.4 Å². The minimum atomic E-state index is -0.470. The number of nitrogens with two attached hydrogens (primary N) is 1. The van der Waals surface area contributed by atoms with E-state index >= 15 is 0 Å². The quantitative estimate of drug-likeness (QED) is 0.706. The zero-order chi connectivity index (χ0) is 18.3. The number of halogens is 1. The van der Waals surface area contributed by atoms with Crippen LogP contribution in [0.1, 0.15) is 39.5 Å². The van der Waals surface area contributed by atoms with E-state index in [0.717, 1.165) is 31.4 Å². The van der Waals surface area contributed by atoms with Crippen LogP contribution in [0.25, 0.3) is 0 Å². The Kier molecular flexibility index (Phi) is 8.88. The summed E-state index contributed by atoms with van der Waals surface area (Å²) in [5.74, 6) is 0.0483. The molecule has 0 radical (unpaired) electrons. The van der Waals surface area contributed by atoms with E-state index in [-0.39, 0.29) is 30.4 Å². The fourth-order valence-corrected chi connectivity index (χ4v) is 3.24. The average molecular weight is 383 g/mol. The number of piperidine rings is 1. The first-order valence-corrected chi connectivity index (χ1v) is 9.16. The van der Waals surface area contributed by atoms with Gasteiger partial charge in [0.2, 0.25) is 5.91 Å². The van der Waals surface area contributed by atoms with Crippen molar-refractivity contribution in [1.29, 1.82) is 0 Å². The van der Waals surface area contributed by atoms with Crippen LogP contribution in [0.15, 0.2) is 30.3 Å². The van der Waals surface area contributed by atoms with E-state index in [0.29, 0.717) is 19.6 Å². The summed E-state index contributed by atoms with van der Waals surface area (Å²) in [5, 5.41) is 6.05. The molecule has 1 saturated heterocycles. The van der Waals surface area contributed by atoms with Gasteiger partial charge in [0.05, 0.1) is 5.41 Å². The van der Waals surface area contributed by atoms with Gasteiger partial charge in [-0.3, -0.25) is 4.79 Å². The largest absolute Gasteiger partial charge is 0.353 e. The van der Waals surface area contributed by atoms with Crippen molar-refractivity contribution in [3.05, 3.63) is 30.3 Å². The van der Waals surface area contributed by atoms with Gasteiger partial charge in [-0.25, -0.2) is 4.79 Å². The third-order valence-corrected chi connectivity index (χ3v) is 5.37. The van der Waals surface area contributed by atoms with Crippen molar-refractivity contribution in [2.24, 2.45) is 11.1 Å². The van der Waals surface area contributed by atoms with Crippen molar-refractivity contribution in [1.82, 2.24) is 10.2 Å². The maximum absolute atomic E-state index is 12.6. The molecule has 0 unspecified atom stereocenters. The molecule has 1 fully saturated rings. The highest BCUT2D eigenvalue weighted by Gasteiger charge is 2.35. The van der Waals surface area contributed by atoms with E-state index in [2.05, 4.69) is 10.6 Å². The second-order valence-electron chi connectivity index (χ2n) is 6.72. The van der Waals surface area contributed by atoms with E-state index < -0.39 is 5.41 Å². The molecule has 1 heterocycles. The van der Waals surface area contributed by atoms with Crippen LogP contribution in [-0.2, 0) is 4.79 Å². The molecule has 3 amide bonds. The zero-order valence-electron chi connectivity index (χ0n) is 15.7. The summed E-state index contributed by atoms with van der Waals surface area (Å²) in [7, 11) is 0. The van der Waals surface area contributed by atoms with Crippen LogP contribution < -0.4 is 16.4 Å². The lowest BCUT2D eigenvalue weighted by Crippen LogP contribution is -2.52. The maximum atomic E-state index is 12.6. The van der Waals surface area contributed by atoms with Crippen LogP contribution in [0.2, 0.25) is 0 Å². The third kappa shape index (κ3) is 5.35. The summed E-state index contributed by atoms with van der Waals surface area (Å²) in [6.45, 7) is 5.65. The highest BCUT2D eigenvalue weighted by molar-refractivity contribution is 5.89. The fraction of sp³-hybridized carbons (Fsp3) is 0.579. The van der Waals surface area contributed by atoms with Gasteiger partial charge in [0, 0.05) is 31.4 Å². The van der Waals surface area contributed by atoms with Gasteiger partial charge in [0.15, 0.2) is 0 Å². The van der Waals surface area contributed by atoms with E-state index in [1.54, 1.807) is 4.90 Å². The molecular formula is C19H31ClN4O2. The van der Waals surface area contributed by atoms with Crippen LogP contribution in [0, 0.1) is 5.41 Å². The highest BCUT2D eigenvalue weighted by Crippen LogP contribution is 2.26. The lowest BCUT2D eigenvalue weighted by atomic mass is 9.81. The van der Waals surface area contributed by atoms with Gasteiger partial charge < -0.3 is 21.3 Å². The number of nitrogens with zero attached hydrogens (tertiary/aromatic N) is 1. The van der Waals surface area contributed by atoms with Crippen molar-refractivity contribution in [3.63, 3.8) is 0 Å². The molecule has 0 spiro atoms. The molecular weight excluding hydrogens is 352 g/mol. The molecule has 0 saturated carbocycles. The van der Waals surface area contributed by atoms with Gasteiger partial charge in [-0.1, -0.05) is 32.0 Å². The predicted octanol–water partition coefficient (Wildman–Crippen LogP) is 2.99. The van der Waals surface area contributed by atoms with Crippen LogP contribution in [0.4, 0.5) is 10.5 Å². The number of nitrogens with one attached hydrogen (secondary N) is 2. The van der Waals surface area contributed by atoms with Gasteiger partial charge in [0.1, 0.15) is 0 Å². The van der Waals surface area contributed by atoms with Crippen molar-refractivity contribution in [3.8, 4) is 0 Å². The minimum Gasteiger partial charge on any atom is -0.353 e. The average Bonchev–Trinajstić information content (AvgIpc) is 2.65. The number of amides is 3. The molecule has 1 aliphatic rings. The normalized spacial score (nSPS) is 15.1. The number of hydrogen-bond donors (Lipinski definition) is 3. The molecule has 0 atom stereocenters. The van der Waals surface area contributed by atoms with Crippen molar-refractivity contribution < 1.29 is 9.59 Å². The topological polar surface area (TPSA) is 87.5 Å². The second-order valence-corrected chi connectivity index (χ2v) is 6.72. The number of carbonyl (C=O) groups excluding carboxylic acids is 2. The Labute approximate surface area is 162 Å². The number of hydrogen-bond acceptors (Lipinski definition) is 3. The summed E-state index contributed by atoms with van der Waals surface area (Å²) in [6.07, 6.45) is 3.01. The Hall–Kier alpha value is -1.79. The molecule has 146 valence electrons. The number of rotatable bonds is 6. The summed E-state index contributed by atoms with van der Waals surface area (Å²) >= 11 is 0. The molecule has 1 aromatic rings. The highest BCUT2D eigenvalue weighted by atomic mass is 35.5. The fourth-order valence-electron chi connectivity index (χ4n) is 3.24. The SMILES string of the molecule is CCC(CC)(CN)C(=O)NC1CCN(C(=O)Nc2ccccc2)CC1.Cl. The lowest BCUT2D eigenvalue weighted by molar-refractivity contribution is -0.132. The molecule has 0 aromatic heterocycles. The van der Waals surface area contributed by atoms with E-state index in [1.165, 1.54) is 0 Å². The van der Waals surface area contributed by atoms with Gasteiger partial charge >= 0.3 is 6.03 Å². The number of urea groups is 1. The van der Waals surface area contributed by atoms with Crippen molar-refractivity contribution in [2.45, 2.75) is 45.6 Å². The minimum absolute atomic E-state index is 0. The summed E-state index contributed by atoms with van der Waals surface area (Å²) in [4.78, 5) is 26.7. The maximum Gasteiger partial charge on any atom is 0.321 e. The Balaban J connectivity index is 0.00000338. The molecule has 1 aliphatic heterocycles. The van der Waals surface area contributed by atoms with Crippen molar-refractivity contribution in [2.75, 3.05) is 25.0 Å². The molecule has 7 heteroatoms. The third-order valence-electron chi connectivity index (χ3n) is 5.37. The summed E-state index contributed by atoms with van der Waals surface area (Å²) in [5.41, 5.74) is 6.17. The Morgan fingerprint density at radius 3 is 2.23 bits per heavy atom. The number of anilines is 1. The van der Waals surface area contributed by atoms with E-state index in [1.807, 2.05) is 44.2 Å². The molecule has 1 aromatic carbocycles. The molecule has 0 aliphatic carbocycles. The summed E-state index contributed by atoms with van der Waals surface area (Å²) < 4.78 is 0. The van der Waals surface area contributed by atoms with E-state index in [9.17, 15) is 9.59 Å². The Morgan fingerprint density at radius 2 is 1.73 bits per heavy atom. The van der Waals surface area contributed by atoms with Crippen LogP contribution in [-0.4, -0.2) is 42.5 Å². The number of likely N-dealkylation sites (tertiary alicyclic amines) is 1. The molecule has 4 N–H and O–H groups in total. The number of para-hydroxylation sites is 1. The number of benzene rings is 1. The molecule has 2 rings (SSSR count). The van der Waals surface area contributed by atoms with E-state index in [4.69, 9.17) is 5.73 Å².